The van der Waals surface area contributed by atoms with Crippen molar-refractivity contribution in [2.45, 2.75) is 63.8 Å². The number of hydrogen-bond acceptors (Lipinski definition) is 3. The fraction of sp³-hybridized carbons (Fsp3) is 0.731. The first kappa shape index (κ1) is 20.5. The summed E-state index contributed by atoms with van der Waals surface area (Å²) in [5.41, 5.74) is 1.97. The third kappa shape index (κ3) is 4.05. The standard InChI is InChI=1S/C26H38N2O2/c1-26(2,23-5-3-4-18(17-23)6-7-28-8-10-30-11-9-28)25(29)27-24-21-13-19-12-20(15-21)16-22(24)14-19/h3-5,17,19-22,24H,6-16H2,1-2H3,(H,27,29). The minimum Gasteiger partial charge on any atom is -0.379 e. The van der Waals surface area contributed by atoms with Crippen LogP contribution in [0.15, 0.2) is 24.3 Å². The van der Waals surface area contributed by atoms with Crippen LogP contribution in [0.5, 0.6) is 0 Å². The second-order valence-electron chi connectivity index (χ2n) is 11.0. The van der Waals surface area contributed by atoms with Crippen LogP contribution in [-0.2, 0) is 21.4 Å². The maximum Gasteiger partial charge on any atom is 0.230 e. The zero-order valence-electron chi connectivity index (χ0n) is 18.7. The highest BCUT2D eigenvalue weighted by Crippen LogP contribution is 2.53. The third-order valence-electron chi connectivity index (χ3n) is 8.56. The summed E-state index contributed by atoms with van der Waals surface area (Å²) in [6, 6.07) is 9.14. The highest BCUT2D eigenvalue weighted by atomic mass is 16.5. The van der Waals surface area contributed by atoms with E-state index in [2.05, 4.69) is 48.3 Å². The van der Waals surface area contributed by atoms with Crippen molar-refractivity contribution in [1.29, 1.82) is 0 Å². The van der Waals surface area contributed by atoms with Crippen molar-refractivity contribution in [3.05, 3.63) is 35.4 Å². The number of carbonyl (C=O) groups is 1. The molecule has 5 fully saturated rings. The summed E-state index contributed by atoms with van der Waals surface area (Å²) in [7, 11) is 0. The van der Waals surface area contributed by atoms with Gasteiger partial charge in [-0.2, -0.15) is 0 Å². The molecule has 1 amide bonds. The number of nitrogens with one attached hydrogen (secondary N) is 1. The molecule has 4 nitrogen and oxygen atoms in total. The molecule has 0 radical (unpaired) electrons. The molecule has 4 aliphatic carbocycles. The lowest BCUT2D eigenvalue weighted by molar-refractivity contribution is -0.129. The first-order valence-corrected chi connectivity index (χ1v) is 12.2. The van der Waals surface area contributed by atoms with E-state index in [-0.39, 0.29) is 5.91 Å². The van der Waals surface area contributed by atoms with Crippen molar-refractivity contribution in [3.8, 4) is 0 Å². The van der Waals surface area contributed by atoms with Gasteiger partial charge in [0.2, 0.25) is 5.91 Å². The van der Waals surface area contributed by atoms with Gasteiger partial charge in [-0.15, -0.1) is 0 Å². The van der Waals surface area contributed by atoms with Gasteiger partial charge in [-0.1, -0.05) is 24.3 Å². The van der Waals surface area contributed by atoms with Crippen LogP contribution in [0.2, 0.25) is 0 Å². The van der Waals surface area contributed by atoms with Crippen LogP contribution >= 0.6 is 0 Å². The number of amides is 1. The minimum atomic E-state index is -0.496. The molecule has 164 valence electrons. The van der Waals surface area contributed by atoms with Crippen molar-refractivity contribution >= 4 is 5.91 Å². The minimum absolute atomic E-state index is 0.213. The van der Waals surface area contributed by atoms with Gasteiger partial charge in [0.15, 0.2) is 0 Å². The molecular formula is C26H38N2O2. The summed E-state index contributed by atoms with van der Waals surface area (Å²) in [6.07, 6.45) is 7.85. The molecule has 4 saturated carbocycles. The molecule has 0 atom stereocenters. The van der Waals surface area contributed by atoms with Crippen molar-refractivity contribution < 1.29 is 9.53 Å². The van der Waals surface area contributed by atoms with Crippen LogP contribution in [0.1, 0.15) is 57.1 Å². The molecule has 4 heteroatoms. The first-order chi connectivity index (χ1) is 14.5. The molecule has 6 rings (SSSR count). The topological polar surface area (TPSA) is 41.6 Å². The van der Waals surface area contributed by atoms with Crippen LogP contribution in [0.4, 0.5) is 0 Å². The average Bonchev–Trinajstić information content (AvgIpc) is 2.75. The number of nitrogens with zero attached hydrogens (tertiary/aromatic N) is 1. The molecule has 4 bridgehead atoms. The van der Waals surface area contributed by atoms with Gasteiger partial charge >= 0.3 is 0 Å². The van der Waals surface area contributed by atoms with E-state index in [1.165, 1.54) is 37.7 Å². The Bertz CT molecular complexity index is 740. The number of ether oxygens (including phenoxy) is 1. The lowest BCUT2D eigenvalue weighted by Crippen LogP contribution is -2.58. The lowest BCUT2D eigenvalue weighted by atomic mass is 9.54. The van der Waals surface area contributed by atoms with Crippen LogP contribution in [0, 0.1) is 23.7 Å². The average molecular weight is 411 g/mol. The molecule has 5 aliphatic rings. The largest absolute Gasteiger partial charge is 0.379 e. The summed E-state index contributed by atoms with van der Waals surface area (Å²) in [5, 5.41) is 3.54. The summed E-state index contributed by atoms with van der Waals surface area (Å²) >= 11 is 0. The maximum absolute atomic E-state index is 13.4. The van der Waals surface area contributed by atoms with E-state index in [4.69, 9.17) is 4.74 Å². The van der Waals surface area contributed by atoms with E-state index in [1.807, 2.05) is 0 Å². The van der Waals surface area contributed by atoms with E-state index >= 15 is 0 Å². The van der Waals surface area contributed by atoms with Gasteiger partial charge in [-0.25, -0.2) is 0 Å². The fourth-order valence-corrected chi connectivity index (χ4v) is 6.85. The van der Waals surface area contributed by atoms with Crippen LogP contribution in [0.3, 0.4) is 0 Å². The van der Waals surface area contributed by atoms with E-state index < -0.39 is 5.41 Å². The van der Waals surface area contributed by atoms with Crippen molar-refractivity contribution in [1.82, 2.24) is 10.2 Å². The van der Waals surface area contributed by atoms with Gasteiger partial charge in [0.05, 0.1) is 18.6 Å². The van der Waals surface area contributed by atoms with E-state index in [0.29, 0.717) is 6.04 Å². The molecule has 0 spiro atoms. The quantitative estimate of drug-likeness (QED) is 0.776. The molecule has 0 aromatic heterocycles. The van der Waals surface area contributed by atoms with Crippen molar-refractivity contribution in [2.75, 3.05) is 32.8 Å². The molecule has 1 aromatic carbocycles. The summed E-state index contributed by atoms with van der Waals surface area (Å²) in [4.78, 5) is 15.9. The Kier molecular flexibility index (Phi) is 5.66. The molecule has 30 heavy (non-hydrogen) atoms. The zero-order valence-corrected chi connectivity index (χ0v) is 18.7. The molecule has 1 aliphatic heterocycles. The van der Waals surface area contributed by atoms with Crippen molar-refractivity contribution in [3.63, 3.8) is 0 Å². The SMILES string of the molecule is CC(C)(C(=O)NC1C2CC3CC(C2)CC1C3)c1cccc(CCN2CCOCC2)c1. The normalized spacial score (nSPS) is 33.6. The summed E-state index contributed by atoms with van der Waals surface area (Å²) < 4.78 is 5.45. The molecule has 1 aromatic rings. The van der Waals surface area contributed by atoms with Crippen LogP contribution in [-0.4, -0.2) is 49.7 Å². The Morgan fingerprint density at radius 1 is 1.07 bits per heavy atom. The van der Waals surface area contributed by atoms with E-state index in [0.717, 1.165) is 68.5 Å². The van der Waals surface area contributed by atoms with E-state index in [9.17, 15) is 4.79 Å². The third-order valence-corrected chi connectivity index (χ3v) is 8.56. The molecule has 1 saturated heterocycles. The monoisotopic (exact) mass is 410 g/mol. The fourth-order valence-electron chi connectivity index (χ4n) is 6.85. The summed E-state index contributed by atoms with van der Waals surface area (Å²) in [5.74, 6) is 3.54. The summed E-state index contributed by atoms with van der Waals surface area (Å²) in [6.45, 7) is 9.00. The number of rotatable bonds is 6. The Balaban J connectivity index is 1.23. The van der Waals surface area contributed by atoms with Crippen LogP contribution in [0.25, 0.3) is 0 Å². The van der Waals surface area contributed by atoms with Crippen molar-refractivity contribution in [2.24, 2.45) is 23.7 Å². The molecule has 1 N–H and O–H groups in total. The Hall–Kier alpha value is -1.39. The number of hydrogen-bond donors (Lipinski definition) is 1. The van der Waals surface area contributed by atoms with Crippen LogP contribution < -0.4 is 5.32 Å². The smallest absolute Gasteiger partial charge is 0.230 e. The van der Waals surface area contributed by atoms with Gasteiger partial charge in [0.1, 0.15) is 0 Å². The molecular weight excluding hydrogens is 372 g/mol. The Labute approximate surface area is 181 Å². The highest BCUT2D eigenvalue weighted by Gasteiger charge is 2.49. The number of benzene rings is 1. The second-order valence-corrected chi connectivity index (χ2v) is 11.0. The van der Waals surface area contributed by atoms with Gasteiger partial charge in [0, 0.05) is 25.7 Å². The number of carbonyl (C=O) groups excluding carboxylic acids is 1. The number of morpholine rings is 1. The lowest BCUT2D eigenvalue weighted by Gasteiger charge is -2.54. The molecule has 1 heterocycles. The van der Waals surface area contributed by atoms with E-state index in [1.54, 1.807) is 0 Å². The Morgan fingerprint density at radius 2 is 1.73 bits per heavy atom. The predicted molar refractivity (Wildman–Crippen MR) is 119 cm³/mol. The molecule has 0 unspecified atom stereocenters. The maximum atomic E-state index is 13.4. The first-order valence-electron chi connectivity index (χ1n) is 12.2. The predicted octanol–water partition coefficient (Wildman–Crippen LogP) is 3.78. The zero-order chi connectivity index (χ0) is 20.7. The van der Waals surface area contributed by atoms with Gasteiger partial charge in [0.25, 0.3) is 0 Å². The van der Waals surface area contributed by atoms with Gasteiger partial charge < -0.3 is 10.1 Å². The van der Waals surface area contributed by atoms with Gasteiger partial charge in [-0.3, -0.25) is 9.69 Å². The van der Waals surface area contributed by atoms with Gasteiger partial charge in [-0.05, 0) is 87.2 Å². The highest BCUT2D eigenvalue weighted by molar-refractivity contribution is 5.87. The second kappa shape index (κ2) is 8.27. The Morgan fingerprint density at radius 3 is 2.40 bits per heavy atom.